The van der Waals surface area contributed by atoms with Crippen LogP contribution in [0.3, 0.4) is 0 Å². The highest BCUT2D eigenvalue weighted by Gasteiger charge is 2.28. The molecule has 0 unspecified atom stereocenters. The SMILES string of the molecule is C[C@H]1NCC[C@H]1C(=O)O. The highest BCUT2D eigenvalue weighted by molar-refractivity contribution is 5.71. The van der Waals surface area contributed by atoms with Crippen LogP contribution in [0.1, 0.15) is 13.3 Å². The Morgan fingerprint density at radius 1 is 1.78 bits per heavy atom. The van der Waals surface area contributed by atoms with Gasteiger partial charge in [-0.05, 0) is 19.9 Å². The quantitative estimate of drug-likeness (QED) is 0.526. The lowest BCUT2D eigenvalue weighted by atomic mass is 10.0. The van der Waals surface area contributed by atoms with Gasteiger partial charge >= 0.3 is 5.97 Å². The highest BCUT2D eigenvalue weighted by atomic mass is 16.4. The summed E-state index contributed by atoms with van der Waals surface area (Å²) in [5.74, 6) is -0.836. The highest BCUT2D eigenvalue weighted by Crippen LogP contribution is 2.14. The van der Waals surface area contributed by atoms with Crippen molar-refractivity contribution in [2.75, 3.05) is 6.54 Å². The van der Waals surface area contributed by atoms with Crippen molar-refractivity contribution in [2.45, 2.75) is 19.4 Å². The zero-order chi connectivity index (χ0) is 6.85. The maximum Gasteiger partial charge on any atom is 0.308 e. The molecule has 1 heterocycles. The fraction of sp³-hybridized carbons (Fsp3) is 0.833. The number of carboxylic acid groups (broad SMARTS) is 1. The molecule has 0 aromatic carbocycles. The summed E-state index contributed by atoms with van der Waals surface area (Å²) in [7, 11) is 0. The molecule has 1 aliphatic heterocycles. The largest absolute Gasteiger partial charge is 0.481 e. The van der Waals surface area contributed by atoms with Crippen LogP contribution in [0.5, 0.6) is 0 Å². The predicted molar refractivity (Wildman–Crippen MR) is 33.2 cm³/mol. The van der Waals surface area contributed by atoms with E-state index in [1.807, 2.05) is 6.92 Å². The second-order valence-corrected chi connectivity index (χ2v) is 2.48. The third-order valence-corrected chi connectivity index (χ3v) is 1.84. The van der Waals surface area contributed by atoms with Crippen LogP contribution in [-0.2, 0) is 4.79 Å². The van der Waals surface area contributed by atoms with Gasteiger partial charge in [-0.1, -0.05) is 0 Å². The van der Waals surface area contributed by atoms with Crippen molar-refractivity contribution in [3.8, 4) is 0 Å². The molecule has 0 amide bonds. The van der Waals surface area contributed by atoms with E-state index in [-0.39, 0.29) is 12.0 Å². The number of carboxylic acids is 1. The fourth-order valence-electron chi connectivity index (χ4n) is 1.20. The summed E-state index contributed by atoms with van der Waals surface area (Å²) in [4.78, 5) is 10.4. The van der Waals surface area contributed by atoms with Crippen LogP contribution >= 0.6 is 0 Å². The van der Waals surface area contributed by atoms with Gasteiger partial charge in [-0.15, -0.1) is 0 Å². The Kier molecular flexibility index (Phi) is 1.71. The molecule has 1 rings (SSSR count). The standard InChI is InChI=1S/C6H11NO2/c1-4-5(6(8)9)2-3-7-4/h4-5,7H,2-3H2,1H3,(H,8,9)/t4-,5-/m1/s1. The Balaban J connectivity index is 2.49. The number of hydrogen-bond donors (Lipinski definition) is 2. The van der Waals surface area contributed by atoms with E-state index in [0.717, 1.165) is 13.0 Å². The van der Waals surface area contributed by atoms with E-state index in [9.17, 15) is 4.79 Å². The molecule has 0 bridgehead atoms. The molecule has 1 saturated heterocycles. The summed E-state index contributed by atoms with van der Waals surface area (Å²) < 4.78 is 0. The zero-order valence-electron chi connectivity index (χ0n) is 5.42. The molecule has 0 saturated carbocycles. The molecule has 2 atom stereocenters. The second kappa shape index (κ2) is 2.35. The van der Waals surface area contributed by atoms with Crippen LogP contribution in [0.25, 0.3) is 0 Å². The van der Waals surface area contributed by atoms with E-state index in [0.29, 0.717) is 0 Å². The lowest BCUT2D eigenvalue weighted by Gasteiger charge is -2.07. The summed E-state index contributed by atoms with van der Waals surface area (Å²) >= 11 is 0. The molecule has 2 N–H and O–H groups in total. The maximum absolute atomic E-state index is 10.4. The molecule has 9 heavy (non-hydrogen) atoms. The van der Waals surface area contributed by atoms with Gasteiger partial charge in [-0.2, -0.15) is 0 Å². The Labute approximate surface area is 54.1 Å². The van der Waals surface area contributed by atoms with Crippen LogP contribution < -0.4 is 5.32 Å². The van der Waals surface area contributed by atoms with E-state index in [1.165, 1.54) is 0 Å². The van der Waals surface area contributed by atoms with Crippen molar-refractivity contribution in [2.24, 2.45) is 5.92 Å². The van der Waals surface area contributed by atoms with Crippen LogP contribution in [0.4, 0.5) is 0 Å². The molecule has 0 aliphatic carbocycles. The second-order valence-electron chi connectivity index (χ2n) is 2.48. The molecule has 0 radical (unpaired) electrons. The van der Waals surface area contributed by atoms with Crippen LogP contribution in [-0.4, -0.2) is 23.7 Å². The van der Waals surface area contributed by atoms with Gasteiger partial charge in [0.05, 0.1) is 5.92 Å². The first kappa shape index (κ1) is 6.55. The maximum atomic E-state index is 10.4. The van der Waals surface area contributed by atoms with Gasteiger partial charge in [0, 0.05) is 6.04 Å². The summed E-state index contributed by atoms with van der Waals surface area (Å²) in [5, 5.41) is 11.6. The third kappa shape index (κ3) is 1.21. The molecular weight excluding hydrogens is 118 g/mol. The minimum absolute atomic E-state index is 0.155. The zero-order valence-corrected chi connectivity index (χ0v) is 5.42. The summed E-state index contributed by atoms with van der Waals surface area (Å²) in [6.45, 7) is 2.75. The van der Waals surface area contributed by atoms with Crippen LogP contribution in [0.2, 0.25) is 0 Å². The Morgan fingerprint density at radius 3 is 2.67 bits per heavy atom. The van der Waals surface area contributed by atoms with Gasteiger partial charge < -0.3 is 10.4 Å². The Morgan fingerprint density at radius 2 is 2.44 bits per heavy atom. The summed E-state index contributed by atoms with van der Waals surface area (Å²) in [6, 6.07) is 0.155. The van der Waals surface area contributed by atoms with Crippen LogP contribution in [0, 0.1) is 5.92 Å². The first-order valence-electron chi connectivity index (χ1n) is 3.18. The number of hydrogen-bond acceptors (Lipinski definition) is 2. The van der Waals surface area contributed by atoms with E-state index < -0.39 is 5.97 Å². The van der Waals surface area contributed by atoms with Gasteiger partial charge in [0.1, 0.15) is 0 Å². The van der Waals surface area contributed by atoms with Crippen LogP contribution in [0.15, 0.2) is 0 Å². The van der Waals surface area contributed by atoms with E-state index in [4.69, 9.17) is 5.11 Å². The van der Waals surface area contributed by atoms with E-state index in [1.54, 1.807) is 0 Å². The topological polar surface area (TPSA) is 49.3 Å². The van der Waals surface area contributed by atoms with Crippen molar-refractivity contribution < 1.29 is 9.90 Å². The number of rotatable bonds is 1. The lowest BCUT2D eigenvalue weighted by molar-refractivity contribution is -0.141. The van der Waals surface area contributed by atoms with Crippen molar-refractivity contribution in [1.82, 2.24) is 5.32 Å². The van der Waals surface area contributed by atoms with E-state index >= 15 is 0 Å². The first-order chi connectivity index (χ1) is 4.22. The van der Waals surface area contributed by atoms with Crippen molar-refractivity contribution in [1.29, 1.82) is 0 Å². The predicted octanol–water partition coefficient (Wildman–Crippen LogP) is 0.0690. The van der Waals surface area contributed by atoms with Crippen molar-refractivity contribution in [3.05, 3.63) is 0 Å². The smallest absolute Gasteiger partial charge is 0.308 e. The monoisotopic (exact) mass is 129 g/mol. The fourth-order valence-corrected chi connectivity index (χ4v) is 1.20. The van der Waals surface area contributed by atoms with Gasteiger partial charge in [0.25, 0.3) is 0 Å². The van der Waals surface area contributed by atoms with Crippen molar-refractivity contribution in [3.63, 3.8) is 0 Å². The van der Waals surface area contributed by atoms with Gasteiger partial charge in [0.15, 0.2) is 0 Å². The lowest BCUT2D eigenvalue weighted by Crippen LogP contribution is -2.27. The minimum atomic E-state index is -0.674. The average Bonchev–Trinajstić information content (AvgIpc) is 2.13. The van der Waals surface area contributed by atoms with E-state index in [2.05, 4.69) is 5.32 Å². The molecule has 1 aliphatic rings. The Bertz CT molecular complexity index is 124. The van der Waals surface area contributed by atoms with Gasteiger partial charge in [-0.25, -0.2) is 0 Å². The van der Waals surface area contributed by atoms with Crippen molar-refractivity contribution >= 4 is 5.97 Å². The number of nitrogens with one attached hydrogen (secondary N) is 1. The number of aliphatic carboxylic acids is 1. The molecule has 3 heteroatoms. The molecule has 1 fully saturated rings. The molecule has 0 aromatic rings. The molecule has 0 spiro atoms. The minimum Gasteiger partial charge on any atom is -0.481 e. The normalized spacial score (nSPS) is 34.8. The summed E-state index contributed by atoms with van der Waals surface area (Å²) in [6.07, 6.45) is 0.774. The molecule has 3 nitrogen and oxygen atoms in total. The first-order valence-corrected chi connectivity index (χ1v) is 3.18. The molecular formula is C6H11NO2. The third-order valence-electron chi connectivity index (χ3n) is 1.84. The number of carbonyl (C=O) groups is 1. The molecule has 0 aromatic heterocycles. The average molecular weight is 129 g/mol. The molecule has 52 valence electrons. The van der Waals surface area contributed by atoms with Gasteiger partial charge in [-0.3, -0.25) is 4.79 Å². The van der Waals surface area contributed by atoms with Gasteiger partial charge in [0.2, 0.25) is 0 Å². The Hall–Kier alpha value is -0.570. The summed E-state index contributed by atoms with van der Waals surface area (Å²) in [5.41, 5.74) is 0.